The van der Waals surface area contributed by atoms with Gasteiger partial charge in [0.1, 0.15) is 12.7 Å². The second-order valence-corrected chi connectivity index (χ2v) is 5.31. The number of imidazole rings is 1. The molecule has 1 aromatic heterocycles. The highest BCUT2D eigenvalue weighted by molar-refractivity contribution is 5.82. The molecule has 0 saturated heterocycles. The number of benzene rings is 2. The third-order valence-corrected chi connectivity index (χ3v) is 3.76. The molecule has 0 atom stereocenters. The highest BCUT2D eigenvalue weighted by Gasteiger charge is 2.16. The van der Waals surface area contributed by atoms with Gasteiger partial charge in [-0.2, -0.15) is 0 Å². The Balaban J connectivity index is 1.59. The molecule has 0 spiro atoms. The molecule has 0 bridgehead atoms. The molecule has 0 amide bonds. The Bertz CT molecular complexity index is 842. The zero-order valence-corrected chi connectivity index (χ0v) is 12.8. The maximum atomic E-state index is 10.9. The van der Waals surface area contributed by atoms with E-state index in [0.29, 0.717) is 25.6 Å². The number of hydrogen-bond acceptors (Lipinski definition) is 4. The van der Waals surface area contributed by atoms with Crippen molar-refractivity contribution in [3.8, 4) is 0 Å². The van der Waals surface area contributed by atoms with E-state index in [0.717, 1.165) is 5.56 Å². The Morgan fingerprint density at radius 3 is 2.78 bits per heavy atom. The van der Waals surface area contributed by atoms with Gasteiger partial charge < -0.3 is 14.9 Å². The van der Waals surface area contributed by atoms with E-state index < -0.39 is 4.92 Å². The molecule has 23 heavy (non-hydrogen) atoms. The lowest BCUT2D eigenvalue weighted by Gasteiger charge is -2.06. The summed E-state index contributed by atoms with van der Waals surface area (Å²) in [4.78, 5) is 14.5. The highest BCUT2D eigenvalue weighted by Crippen LogP contribution is 2.17. The largest absolute Gasteiger partial charge is 0.373 e. The van der Waals surface area contributed by atoms with Gasteiger partial charge in [0.2, 0.25) is 0 Å². The van der Waals surface area contributed by atoms with E-state index in [1.54, 1.807) is 11.5 Å². The fourth-order valence-corrected chi connectivity index (χ4v) is 2.55. The third kappa shape index (κ3) is 3.37. The van der Waals surface area contributed by atoms with Crippen LogP contribution in [0.1, 0.15) is 11.4 Å². The normalized spacial score (nSPS) is 11.0. The Kier molecular flexibility index (Phi) is 4.34. The molecular weight excluding hydrogens is 294 g/mol. The standard InChI is InChI=1S/C17H17N3O3/c1-13-18-11-17(20(21)22)19(13)8-9-23-12-14-6-7-15-4-2-3-5-16(15)10-14/h2-7,10-11H,8-9,12H2,1H3. The Morgan fingerprint density at radius 1 is 1.22 bits per heavy atom. The molecule has 3 rings (SSSR count). The van der Waals surface area contributed by atoms with Crippen molar-refractivity contribution >= 4 is 16.6 Å². The molecule has 0 fully saturated rings. The van der Waals surface area contributed by atoms with E-state index in [9.17, 15) is 10.1 Å². The number of hydrogen-bond donors (Lipinski definition) is 0. The summed E-state index contributed by atoms with van der Waals surface area (Å²) in [5.74, 6) is 0.614. The Morgan fingerprint density at radius 2 is 2.00 bits per heavy atom. The molecule has 0 aliphatic heterocycles. The summed E-state index contributed by atoms with van der Waals surface area (Å²) in [6, 6.07) is 14.4. The quantitative estimate of drug-likeness (QED) is 0.397. The van der Waals surface area contributed by atoms with Crippen molar-refractivity contribution in [2.24, 2.45) is 0 Å². The molecule has 0 unspecified atom stereocenters. The van der Waals surface area contributed by atoms with Gasteiger partial charge >= 0.3 is 5.82 Å². The van der Waals surface area contributed by atoms with E-state index >= 15 is 0 Å². The fraction of sp³-hybridized carbons (Fsp3) is 0.235. The van der Waals surface area contributed by atoms with Gasteiger partial charge in [0, 0.05) is 6.92 Å². The van der Waals surface area contributed by atoms with Crippen LogP contribution in [0.15, 0.2) is 48.7 Å². The van der Waals surface area contributed by atoms with Gasteiger partial charge in [-0.25, -0.2) is 9.55 Å². The number of aryl methyl sites for hydroxylation is 1. The van der Waals surface area contributed by atoms with Gasteiger partial charge in [0.25, 0.3) is 0 Å². The summed E-state index contributed by atoms with van der Waals surface area (Å²) in [7, 11) is 0. The lowest BCUT2D eigenvalue weighted by Crippen LogP contribution is -2.10. The van der Waals surface area contributed by atoms with E-state index in [1.807, 2.05) is 18.2 Å². The average molecular weight is 311 g/mol. The van der Waals surface area contributed by atoms with Gasteiger partial charge in [0.15, 0.2) is 5.82 Å². The highest BCUT2D eigenvalue weighted by atomic mass is 16.6. The van der Waals surface area contributed by atoms with Crippen molar-refractivity contribution in [3.63, 3.8) is 0 Å². The van der Waals surface area contributed by atoms with Crippen LogP contribution in [0.5, 0.6) is 0 Å². The van der Waals surface area contributed by atoms with Gasteiger partial charge in [-0.1, -0.05) is 36.4 Å². The summed E-state index contributed by atoms with van der Waals surface area (Å²) in [6.07, 6.45) is 1.28. The zero-order chi connectivity index (χ0) is 16.2. The van der Waals surface area contributed by atoms with Gasteiger partial charge in [-0.3, -0.25) is 0 Å². The molecule has 118 valence electrons. The molecule has 1 heterocycles. The van der Waals surface area contributed by atoms with Crippen LogP contribution in [-0.2, 0) is 17.9 Å². The minimum absolute atomic E-state index is 0.00296. The van der Waals surface area contributed by atoms with Crippen molar-refractivity contribution in [1.82, 2.24) is 9.55 Å². The summed E-state index contributed by atoms with van der Waals surface area (Å²) >= 11 is 0. The van der Waals surface area contributed by atoms with E-state index in [-0.39, 0.29) is 5.82 Å². The minimum Gasteiger partial charge on any atom is -0.373 e. The van der Waals surface area contributed by atoms with Crippen molar-refractivity contribution in [2.45, 2.75) is 20.1 Å². The van der Waals surface area contributed by atoms with Crippen LogP contribution in [0.3, 0.4) is 0 Å². The van der Waals surface area contributed by atoms with Crippen LogP contribution in [-0.4, -0.2) is 21.1 Å². The number of rotatable bonds is 6. The predicted octanol–water partition coefficient (Wildman–Crippen LogP) is 3.47. The Labute approximate surface area is 133 Å². The molecule has 6 heteroatoms. The number of ether oxygens (including phenoxy) is 1. The van der Waals surface area contributed by atoms with Gasteiger partial charge in [0.05, 0.1) is 13.2 Å². The molecule has 2 aromatic carbocycles. The summed E-state index contributed by atoms with van der Waals surface area (Å²) in [5.41, 5.74) is 1.08. The first-order valence-corrected chi connectivity index (χ1v) is 7.37. The first-order chi connectivity index (χ1) is 11.1. The van der Waals surface area contributed by atoms with Crippen molar-refractivity contribution < 1.29 is 9.66 Å². The maximum Gasteiger partial charge on any atom is 0.342 e. The molecule has 0 aliphatic carbocycles. The average Bonchev–Trinajstić information content (AvgIpc) is 2.92. The Hall–Kier alpha value is -2.73. The summed E-state index contributed by atoms with van der Waals surface area (Å²) < 4.78 is 7.22. The molecule has 6 nitrogen and oxygen atoms in total. The molecule has 0 saturated carbocycles. The lowest BCUT2D eigenvalue weighted by atomic mass is 10.1. The molecule has 0 radical (unpaired) electrons. The molecule has 0 aliphatic rings. The molecule has 0 N–H and O–H groups in total. The smallest absolute Gasteiger partial charge is 0.342 e. The molecular formula is C17H17N3O3. The van der Waals surface area contributed by atoms with Crippen molar-refractivity contribution in [2.75, 3.05) is 6.61 Å². The van der Waals surface area contributed by atoms with Crippen molar-refractivity contribution in [3.05, 3.63) is 70.2 Å². The first kappa shape index (κ1) is 15.2. The number of nitrogens with zero attached hydrogens (tertiary/aromatic N) is 3. The van der Waals surface area contributed by atoms with E-state index in [1.165, 1.54) is 17.0 Å². The summed E-state index contributed by atoms with van der Waals surface area (Å²) in [5, 5.41) is 13.3. The van der Waals surface area contributed by atoms with Crippen LogP contribution in [0.4, 0.5) is 5.82 Å². The number of fused-ring (bicyclic) bond motifs is 1. The van der Waals surface area contributed by atoms with E-state index in [4.69, 9.17) is 4.74 Å². The zero-order valence-electron chi connectivity index (χ0n) is 12.8. The maximum absolute atomic E-state index is 10.9. The number of aromatic nitrogens is 2. The predicted molar refractivity (Wildman–Crippen MR) is 87.2 cm³/mol. The minimum atomic E-state index is -0.427. The monoisotopic (exact) mass is 311 g/mol. The first-order valence-electron chi connectivity index (χ1n) is 7.37. The van der Waals surface area contributed by atoms with E-state index in [2.05, 4.69) is 29.2 Å². The van der Waals surface area contributed by atoms with Crippen LogP contribution in [0.2, 0.25) is 0 Å². The second-order valence-electron chi connectivity index (χ2n) is 5.31. The third-order valence-electron chi connectivity index (χ3n) is 3.76. The van der Waals surface area contributed by atoms with Crippen molar-refractivity contribution in [1.29, 1.82) is 0 Å². The fourth-order valence-electron chi connectivity index (χ4n) is 2.55. The number of nitro groups is 1. The summed E-state index contributed by atoms with van der Waals surface area (Å²) in [6.45, 7) is 3.03. The van der Waals surface area contributed by atoms with Gasteiger partial charge in [-0.05, 0) is 27.3 Å². The second kappa shape index (κ2) is 6.58. The van der Waals surface area contributed by atoms with Crippen LogP contribution < -0.4 is 0 Å². The van der Waals surface area contributed by atoms with Gasteiger partial charge in [-0.15, -0.1) is 0 Å². The topological polar surface area (TPSA) is 70.2 Å². The van der Waals surface area contributed by atoms with Crippen LogP contribution in [0.25, 0.3) is 10.8 Å². The molecule has 3 aromatic rings. The van der Waals surface area contributed by atoms with Crippen LogP contribution in [0, 0.1) is 17.0 Å². The van der Waals surface area contributed by atoms with Crippen LogP contribution >= 0.6 is 0 Å². The lowest BCUT2D eigenvalue weighted by molar-refractivity contribution is -0.392. The SMILES string of the molecule is Cc1ncc([N+](=O)[O-])n1CCOCc1ccc2ccccc2c1.